The lowest BCUT2D eigenvalue weighted by Crippen LogP contribution is -1.90. The monoisotopic (exact) mass is 189 g/mol. The minimum Gasteiger partial charge on any atom is -0.508 e. The molecule has 0 atom stereocenters. The first-order valence-electron chi connectivity index (χ1n) is 4.41. The van der Waals surface area contributed by atoms with Gasteiger partial charge < -0.3 is 10.2 Å². The quantitative estimate of drug-likeness (QED) is 0.718. The van der Waals surface area contributed by atoms with Crippen molar-refractivity contribution in [3.63, 3.8) is 0 Å². The van der Waals surface area contributed by atoms with Crippen molar-refractivity contribution in [2.24, 2.45) is 0 Å². The fourth-order valence-corrected chi connectivity index (χ4v) is 1.62. The van der Waals surface area contributed by atoms with Gasteiger partial charge in [0.05, 0.1) is 6.61 Å². The van der Waals surface area contributed by atoms with Crippen LogP contribution in [0.2, 0.25) is 0 Å². The van der Waals surface area contributed by atoms with Crippen LogP contribution in [0.1, 0.15) is 11.3 Å². The zero-order valence-electron chi connectivity index (χ0n) is 7.86. The van der Waals surface area contributed by atoms with Crippen molar-refractivity contribution in [1.82, 2.24) is 4.98 Å². The Balaban J connectivity index is 2.88. The van der Waals surface area contributed by atoms with Crippen LogP contribution in [0, 0.1) is 6.92 Å². The Kier molecular flexibility index (Phi) is 2.09. The number of hydrogen-bond donors (Lipinski definition) is 2. The third-order valence-electron chi connectivity index (χ3n) is 2.39. The number of benzene rings is 1. The van der Waals surface area contributed by atoms with Crippen LogP contribution in [0.25, 0.3) is 10.8 Å². The van der Waals surface area contributed by atoms with Crippen LogP contribution < -0.4 is 0 Å². The van der Waals surface area contributed by atoms with Crippen LogP contribution in [0.15, 0.2) is 24.4 Å². The summed E-state index contributed by atoms with van der Waals surface area (Å²) in [5.74, 6) is 0.130. The van der Waals surface area contributed by atoms with Crippen molar-refractivity contribution in [2.45, 2.75) is 13.5 Å². The number of aromatic nitrogens is 1. The molecule has 2 rings (SSSR count). The number of pyridine rings is 1. The SMILES string of the molecule is Cc1nccc2c(CO)c(O)ccc12. The van der Waals surface area contributed by atoms with Gasteiger partial charge in [-0.2, -0.15) is 0 Å². The predicted molar refractivity (Wildman–Crippen MR) is 54.1 cm³/mol. The summed E-state index contributed by atoms with van der Waals surface area (Å²) in [6, 6.07) is 5.20. The molecule has 72 valence electrons. The van der Waals surface area contributed by atoms with E-state index in [1.54, 1.807) is 18.3 Å². The minimum atomic E-state index is -0.160. The van der Waals surface area contributed by atoms with Crippen LogP contribution in [0.5, 0.6) is 5.75 Å². The third kappa shape index (κ3) is 1.22. The molecule has 0 aliphatic carbocycles. The van der Waals surface area contributed by atoms with Crippen LogP contribution in [-0.2, 0) is 6.61 Å². The second-order valence-electron chi connectivity index (χ2n) is 3.21. The maximum Gasteiger partial charge on any atom is 0.121 e. The first-order valence-corrected chi connectivity index (χ1v) is 4.41. The number of rotatable bonds is 1. The summed E-state index contributed by atoms with van der Waals surface area (Å²) in [5.41, 5.74) is 1.46. The van der Waals surface area contributed by atoms with E-state index in [4.69, 9.17) is 5.11 Å². The molecule has 0 unspecified atom stereocenters. The summed E-state index contributed by atoms with van der Waals surface area (Å²) < 4.78 is 0. The summed E-state index contributed by atoms with van der Waals surface area (Å²) >= 11 is 0. The molecule has 2 aromatic rings. The van der Waals surface area contributed by atoms with Crippen molar-refractivity contribution >= 4 is 10.8 Å². The average molecular weight is 189 g/mol. The van der Waals surface area contributed by atoms with E-state index in [1.807, 2.05) is 13.0 Å². The van der Waals surface area contributed by atoms with Gasteiger partial charge in [0, 0.05) is 22.8 Å². The van der Waals surface area contributed by atoms with Gasteiger partial charge in [-0.3, -0.25) is 4.98 Å². The van der Waals surface area contributed by atoms with Crippen molar-refractivity contribution < 1.29 is 10.2 Å². The van der Waals surface area contributed by atoms with Crippen molar-refractivity contribution in [1.29, 1.82) is 0 Å². The van der Waals surface area contributed by atoms with Crippen molar-refractivity contribution in [3.8, 4) is 5.75 Å². The number of aryl methyl sites for hydroxylation is 1. The van der Waals surface area contributed by atoms with Gasteiger partial charge in [0.15, 0.2) is 0 Å². The molecule has 0 radical (unpaired) electrons. The highest BCUT2D eigenvalue weighted by Crippen LogP contribution is 2.27. The number of nitrogens with zero attached hydrogens (tertiary/aromatic N) is 1. The molecule has 1 aromatic heterocycles. The highest BCUT2D eigenvalue weighted by molar-refractivity contribution is 5.89. The normalized spacial score (nSPS) is 10.7. The van der Waals surface area contributed by atoms with Crippen LogP contribution in [0.3, 0.4) is 0 Å². The molecule has 2 N–H and O–H groups in total. The van der Waals surface area contributed by atoms with Crippen LogP contribution in [-0.4, -0.2) is 15.2 Å². The second kappa shape index (κ2) is 3.27. The Morgan fingerprint density at radius 2 is 2.00 bits per heavy atom. The minimum absolute atomic E-state index is 0.130. The molecule has 0 amide bonds. The Hall–Kier alpha value is -1.61. The smallest absolute Gasteiger partial charge is 0.121 e. The lowest BCUT2D eigenvalue weighted by molar-refractivity contribution is 0.277. The van der Waals surface area contributed by atoms with E-state index in [1.165, 1.54) is 0 Å². The lowest BCUT2D eigenvalue weighted by Gasteiger charge is -2.07. The van der Waals surface area contributed by atoms with Crippen LogP contribution >= 0.6 is 0 Å². The fraction of sp³-hybridized carbons (Fsp3) is 0.182. The van der Waals surface area contributed by atoms with Gasteiger partial charge in [0.1, 0.15) is 5.75 Å². The molecule has 0 aliphatic heterocycles. The first-order chi connectivity index (χ1) is 6.74. The summed E-state index contributed by atoms with van der Waals surface area (Å²) in [6.07, 6.45) is 1.68. The molecule has 1 aromatic carbocycles. The zero-order chi connectivity index (χ0) is 10.1. The molecule has 1 heterocycles. The van der Waals surface area contributed by atoms with E-state index in [2.05, 4.69) is 4.98 Å². The zero-order valence-corrected chi connectivity index (χ0v) is 7.86. The Bertz CT molecular complexity index is 480. The number of aliphatic hydroxyl groups excluding tert-OH is 1. The number of fused-ring (bicyclic) bond motifs is 1. The maximum absolute atomic E-state index is 9.52. The lowest BCUT2D eigenvalue weighted by atomic mass is 10.0. The van der Waals surface area contributed by atoms with E-state index in [9.17, 15) is 5.11 Å². The molecule has 0 fully saturated rings. The highest BCUT2D eigenvalue weighted by Gasteiger charge is 2.06. The first kappa shape index (κ1) is 8.97. The molecule has 0 spiro atoms. The largest absolute Gasteiger partial charge is 0.508 e. The molecule has 3 heteroatoms. The van der Waals surface area contributed by atoms with Crippen molar-refractivity contribution in [2.75, 3.05) is 0 Å². The van der Waals surface area contributed by atoms with Crippen LogP contribution in [0.4, 0.5) is 0 Å². The van der Waals surface area contributed by atoms with E-state index in [0.29, 0.717) is 5.56 Å². The van der Waals surface area contributed by atoms with Gasteiger partial charge >= 0.3 is 0 Å². The molecule has 0 saturated carbocycles. The van der Waals surface area contributed by atoms with Gasteiger partial charge in [-0.15, -0.1) is 0 Å². The molecular weight excluding hydrogens is 178 g/mol. The summed E-state index contributed by atoms with van der Waals surface area (Å²) in [5, 5.41) is 20.5. The Morgan fingerprint density at radius 3 is 2.71 bits per heavy atom. The van der Waals surface area contributed by atoms with E-state index in [-0.39, 0.29) is 12.4 Å². The molecule has 0 saturated heterocycles. The summed E-state index contributed by atoms with van der Waals surface area (Å²) in [4.78, 5) is 4.15. The number of phenols is 1. The third-order valence-corrected chi connectivity index (χ3v) is 2.39. The van der Waals surface area contributed by atoms with Crippen molar-refractivity contribution in [3.05, 3.63) is 35.7 Å². The molecule has 3 nitrogen and oxygen atoms in total. The molecule has 14 heavy (non-hydrogen) atoms. The standard InChI is InChI=1S/C11H11NO2/c1-7-8-2-3-11(14)10(6-13)9(8)4-5-12-7/h2-5,13-14H,6H2,1H3. The topological polar surface area (TPSA) is 53.4 Å². The van der Waals surface area contributed by atoms with Gasteiger partial charge in [-0.1, -0.05) is 0 Å². The highest BCUT2D eigenvalue weighted by atomic mass is 16.3. The average Bonchev–Trinajstić information content (AvgIpc) is 2.18. The number of hydrogen-bond acceptors (Lipinski definition) is 3. The van der Waals surface area contributed by atoms with E-state index < -0.39 is 0 Å². The summed E-state index contributed by atoms with van der Waals surface area (Å²) in [6.45, 7) is 1.74. The molecule has 0 bridgehead atoms. The molecule has 0 aliphatic rings. The van der Waals surface area contributed by atoms with Gasteiger partial charge in [-0.25, -0.2) is 0 Å². The fourth-order valence-electron chi connectivity index (χ4n) is 1.62. The Morgan fingerprint density at radius 1 is 1.21 bits per heavy atom. The summed E-state index contributed by atoms with van der Waals surface area (Å²) in [7, 11) is 0. The van der Waals surface area contributed by atoms with E-state index in [0.717, 1.165) is 16.5 Å². The molecular formula is C11H11NO2. The second-order valence-corrected chi connectivity index (χ2v) is 3.21. The van der Waals surface area contributed by atoms with Gasteiger partial charge in [0.25, 0.3) is 0 Å². The van der Waals surface area contributed by atoms with Gasteiger partial charge in [0.2, 0.25) is 0 Å². The number of aliphatic hydroxyl groups is 1. The predicted octanol–water partition coefficient (Wildman–Crippen LogP) is 1.74. The maximum atomic E-state index is 9.52. The van der Waals surface area contributed by atoms with E-state index >= 15 is 0 Å². The van der Waals surface area contributed by atoms with Gasteiger partial charge in [-0.05, 0) is 30.5 Å². The number of aromatic hydroxyl groups is 1. The Labute approximate surface area is 81.7 Å².